The van der Waals surface area contributed by atoms with Crippen LogP contribution in [-0.2, 0) is 6.42 Å². The van der Waals surface area contributed by atoms with E-state index in [1.165, 1.54) is 12.1 Å². The predicted octanol–water partition coefficient (Wildman–Crippen LogP) is 5.38. The first kappa shape index (κ1) is 25.7. The number of aromatic nitrogens is 1. The quantitative estimate of drug-likeness (QED) is 0.168. The van der Waals surface area contributed by atoms with Gasteiger partial charge in [0.2, 0.25) is 5.56 Å². The molecule has 0 aliphatic rings. The number of hydrogen-bond donors (Lipinski definition) is 5. The van der Waals surface area contributed by atoms with Gasteiger partial charge in [-0.2, -0.15) is 5.26 Å². The molecule has 0 aliphatic carbocycles. The van der Waals surface area contributed by atoms with Crippen molar-refractivity contribution in [1.29, 1.82) is 5.26 Å². The van der Waals surface area contributed by atoms with Crippen LogP contribution in [0.3, 0.4) is 0 Å². The van der Waals surface area contributed by atoms with Gasteiger partial charge >= 0.3 is 0 Å². The van der Waals surface area contributed by atoms with E-state index in [0.717, 1.165) is 34.5 Å². The molecule has 5 aromatic rings. The Hall–Kier alpha value is -4.90. The molecular weight excluding hydrogens is 488 g/mol. The number of nitrogens with zero attached hydrogens (tertiary/aromatic N) is 1. The third-order valence-electron chi connectivity index (χ3n) is 6.66. The van der Waals surface area contributed by atoms with Gasteiger partial charge in [0.25, 0.3) is 0 Å². The van der Waals surface area contributed by atoms with Crippen molar-refractivity contribution in [2.45, 2.75) is 12.5 Å². The van der Waals surface area contributed by atoms with Crippen molar-refractivity contribution in [3.05, 3.63) is 124 Å². The molecule has 1 atom stereocenters. The molecule has 0 saturated heterocycles. The lowest BCUT2D eigenvalue weighted by Crippen LogP contribution is -2.24. The average molecular weight is 517 g/mol. The number of anilines is 2. The number of phenolic OH excluding ortho intramolecular Hbond substituents is 1. The van der Waals surface area contributed by atoms with Gasteiger partial charge in [0.05, 0.1) is 23.3 Å². The van der Waals surface area contributed by atoms with Crippen LogP contribution in [0.1, 0.15) is 22.8 Å². The smallest absolute Gasteiger partial charge is 0.248 e. The minimum atomic E-state index is -0.790. The summed E-state index contributed by atoms with van der Waals surface area (Å²) in [6, 6.07) is 32.2. The average Bonchev–Trinajstić information content (AvgIpc) is 2.96. The topological polar surface area (TPSA) is 121 Å². The summed E-state index contributed by atoms with van der Waals surface area (Å²) in [6.07, 6.45) is -0.00155. The highest BCUT2D eigenvalue weighted by atomic mass is 16.3. The monoisotopic (exact) mass is 516 g/mol. The molecule has 1 aromatic heterocycles. The highest BCUT2D eigenvalue weighted by molar-refractivity contribution is 5.87. The number of hydrogen-bond acceptors (Lipinski definition) is 6. The predicted molar refractivity (Wildman–Crippen MR) is 154 cm³/mol. The third-order valence-corrected chi connectivity index (χ3v) is 6.66. The Labute approximate surface area is 226 Å². The van der Waals surface area contributed by atoms with E-state index in [2.05, 4.69) is 33.8 Å². The van der Waals surface area contributed by atoms with Crippen molar-refractivity contribution in [2.75, 3.05) is 18.4 Å². The second kappa shape index (κ2) is 11.7. The van der Waals surface area contributed by atoms with E-state index in [-0.39, 0.29) is 11.3 Å². The van der Waals surface area contributed by atoms with Crippen molar-refractivity contribution in [3.8, 4) is 22.9 Å². The normalized spacial score (nSPS) is 11.7. The van der Waals surface area contributed by atoms with Gasteiger partial charge in [0, 0.05) is 29.4 Å². The minimum Gasteiger partial charge on any atom is -0.506 e. The van der Waals surface area contributed by atoms with Gasteiger partial charge in [0.15, 0.2) is 0 Å². The van der Waals surface area contributed by atoms with Crippen LogP contribution in [0, 0.1) is 11.3 Å². The van der Waals surface area contributed by atoms with Crippen molar-refractivity contribution < 1.29 is 10.2 Å². The summed E-state index contributed by atoms with van der Waals surface area (Å²) in [5, 5.41) is 37.5. The van der Waals surface area contributed by atoms with Crippen LogP contribution in [0.4, 0.5) is 11.4 Å². The first-order valence-electron chi connectivity index (χ1n) is 12.7. The number of aromatic hydroxyl groups is 1. The molecular formula is C32H28N4O3. The summed E-state index contributed by atoms with van der Waals surface area (Å²) in [5.41, 5.74) is 6.26. The minimum absolute atomic E-state index is 0.0263. The van der Waals surface area contributed by atoms with E-state index in [9.17, 15) is 20.3 Å². The zero-order valence-electron chi connectivity index (χ0n) is 21.2. The van der Waals surface area contributed by atoms with E-state index in [1.54, 1.807) is 12.1 Å². The lowest BCUT2D eigenvalue weighted by atomic mass is 10.00. The van der Waals surface area contributed by atoms with E-state index < -0.39 is 6.10 Å². The molecule has 0 unspecified atom stereocenters. The van der Waals surface area contributed by atoms with E-state index in [1.807, 2.05) is 60.7 Å². The highest BCUT2D eigenvalue weighted by Crippen LogP contribution is 2.29. The van der Waals surface area contributed by atoms with E-state index in [4.69, 9.17) is 0 Å². The van der Waals surface area contributed by atoms with Crippen molar-refractivity contribution in [3.63, 3.8) is 0 Å². The number of H-pyrrole nitrogens is 1. The molecule has 7 heteroatoms. The molecule has 7 nitrogen and oxygen atoms in total. The number of rotatable bonds is 9. The van der Waals surface area contributed by atoms with Gasteiger partial charge in [-0.1, -0.05) is 48.5 Å². The second-order valence-corrected chi connectivity index (χ2v) is 9.32. The Morgan fingerprint density at radius 3 is 2.54 bits per heavy atom. The summed E-state index contributed by atoms with van der Waals surface area (Å²) < 4.78 is 0. The maximum Gasteiger partial charge on any atom is 0.248 e. The fourth-order valence-corrected chi connectivity index (χ4v) is 4.65. The molecule has 39 heavy (non-hydrogen) atoms. The number of benzene rings is 4. The molecule has 5 N–H and O–H groups in total. The van der Waals surface area contributed by atoms with Crippen LogP contribution in [0.5, 0.6) is 5.75 Å². The maximum absolute atomic E-state index is 11.6. The molecule has 0 spiro atoms. The van der Waals surface area contributed by atoms with Crippen LogP contribution in [0.2, 0.25) is 0 Å². The van der Waals surface area contributed by atoms with Gasteiger partial charge < -0.3 is 25.8 Å². The summed E-state index contributed by atoms with van der Waals surface area (Å²) >= 11 is 0. The molecule has 4 aromatic carbocycles. The Kier molecular flexibility index (Phi) is 7.69. The number of phenols is 1. The largest absolute Gasteiger partial charge is 0.506 e. The van der Waals surface area contributed by atoms with E-state index in [0.29, 0.717) is 35.1 Å². The van der Waals surface area contributed by atoms with Crippen LogP contribution in [-0.4, -0.2) is 28.3 Å². The van der Waals surface area contributed by atoms with Crippen LogP contribution in [0.15, 0.2) is 102 Å². The maximum atomic E-state index is 11.6. The summed E-state index contributed by atoms with van der Waals surface area (Å²) in [6.45, 7) is 1.01. The van der Waals surface area contributed by atoms with Gasteiger partial charge in [-0.05, 0) is 77.7 Å². The number of fused-ring (bicyclic) bond motifs is 1. The molecule has 0 aliphatic heterocycles. The number of aliphatic hydroxyl groups is 1. The number of pyridine rings is 1. The zero-order chi connectivity index (χ0) is 27.2. The number of aromatic amines is 1. The molecule has 194 valence electrons. The summed E-state index contributed by atoms with van der Waals surface area (Å²) in [5.74, 6) is -0.0263. The van der Waals surface area contributed by atoms with Crippen molar-refractivity contribution >= 4 is 22.3 Å². The van der Waals surface area contributed by atoms with Crippen LogP contribution >= 0.6 is 0 Å². The Morgan fingerprint density at radius 1 is 0.897 bits per heavy atom. The molecule has 0 bridgehead atoms. The Balaban J connectivity index is 1.16. The lowest BCUT2D eigenvalue weighted by molar-refractivity contribution is 0.176. The molecule has 5 rings (SSSR count). The SMILES string of the molecule is N#Cc1ccccc1-c1cccc(Nc2ccc(CCNC[C@H](O)c3ccc(O)c4[nH]c(=O)ccc34)cc2)c1. The first-order chi connectivity index (χ1) is 19.0. The van der Waals surface area contributed by atoms with E-state index >= 15 is 0 Å². The lowest BCUT2D eigenvalue weighted by Gasteiger charge is -2.15. The first-order valence-corrected chi connectivity index (χ1v) is 12.7. The third kappa shape index (κ3) is 5.99. The van der Waals surface area contributed by atoms with Crippen LogP contribution < -0.4 is 16.2 Å². The number of nitrogens with one attached hydrogen (secondary N) is 3. The van der Waals surface area contributed by atoms with Gasteiger partial charge in [-0.15, -0.1) is 0 Å². The van der Waals surface area contributed by atoms with Crippen molar-refractivity contribution in [2.24, 2.45) is 0 Å². The number of aliphatic hydroxyl groups excluding tert-OH is 1. The number of nitriles is 1. The van der Waals surface area contributed by atoms with Gasteiger partial charge in [-0.25, -0.2) is 0 Å². The fraction of sp³-hybridized carbons (Fsp3) is 0.125. The molecule has 0 radical (unpaired) electrons. The second-order valence-electron chi connectivity index (χ2n) is 9.32. The Bertz CT molecular complexity index is 1700. The fourth-order valence-electron chi connectivity index (χ4n) is 4.65. The molecule has 1 heterocycles. The molecule has 0 amide bonds. The Morgan fingerprint density at radius 2 is 1.72 bits per heavy atom. The van der Waals surface area contributed by atoms with Gasteiger partial charge in [-0.3, -0.25) is 4.79 Å². The van der Waals surface area contributed by atoms with Crippen LogP contribution in [0.25, 0.3) is 22.0 Å². The molecule has 0 fully saturated rings. The summed E-state index contributed by atoms with van der Waals surface area (Å²) in [7, 11) is 0. The summed E-state index contributed by atoms with van der Waals surface area (Å²) in [4.78, 5) is 14.2. The molecule has 0 saturated carbocycles. The highest BCUT2D eigenvalue weighted by Gasteiger charge is 2.14. The zero-order valence-corrected chi connectivity index (χ0v) is 21.2. The standard InChI is InChI=1S/C32H28N4O3/c33-19-23-4-1-2-7-26(23)22-5-3-6-25(18-22)35-24-10-8-21(9-11-24)16-17-34-20-30(38)27-12-14-29(37)32-28(27)13-15-31(39)36-32/h1-15,18,30,34-35,37-38H,16-17,20H2,(H,36,39)/t30-/m0/s1. The van der Waals surface area contributed by atoms with Crippen molar-refractivity contribution in [1.82, 2.24) is 10.3 Å². The van der Waals surface area contributed by atoms with Gasteiger partial charge in [0.1, 0.15) is 5.75 Å².